The van der Waals surface area contributed by atoms with Crippen molar-refractivity contribution in [3.05, 3.63) is 48.3 Å². The minimum absolute atomic E-state index is 0.0911. The van der Waals surface area contributed by atoms with Crippen molar-refractivity contribution < 1.29 is 4.79 Å². The molecule has 122 valence electrons. The molecule has 5 heteroatoms. The standard InChI is InChI=1S/C18H24N4O/c1-18(13-19)9-10-21(14-18)17(23)8-7-15-11-20-22(12-15)16-5-3-2-4-6-16/h2-6,11-12H,7-10,13-14,19H2,1H3. The third-order valence-electron chi connectivity index (χ3n) is 4.69. The molecule has 0 spiro atoms. The van der Waals surface area contributed by atoms with Crippen LogP contribution in [0.1, 0.15) is 25.3 Å². The topological polar surface area (TPSA) is 64.2 Å². The number of nitrogens with two attached hydrogens (primary N) is 1. The first-order valence-corrected chi connectivity index (χ1v) is 8.16. The van der Waals surface area contributed by atoms with Crippen LogP contribution in [0, 0.1) is 5.41 Å². The highest BCUT2D eigenvalue weighted by atomic mass is 16.2. The number of rotatable bonds is 5. The summed E-state index contributed by atoms with van der Waals surface area (Å²) in [5.41, 5.74) is 8.01. The van der Waals surface area contributed by atoms with Gasteiger partial charge in [0.2, 0.25) is 5.91 Å². The number of nitrogens with zero attached hydrogens (tertiary/aromatic N) is 3. The number of carbonyl (C=O) groups excluding carboxylic acids is 1. The molecule has 0 saturated carbocycles. The van der Waals surface area contributed by atoms with Crippen molar-refractivity contribution in [2.75, 3.05) is 19.6 Å². The molecule has 2 heterocycles. The van der Waals surface area contributed by atoms with E-state index in [1.54, 1.807) is 0 Å². The molecular formula is C18H24N4O. The van der Waals surface area contributed by atoms with Crippen molar-refractivity contribution in [3.63, 3.8) is 0 Å². The lowest BCUT2D eigenvalue weighted by Gasteiger charge is -2.22. The number of likely N-dealkylation sites (tertiary alicyclic amines) is 1. The molecule has 1 aliphatic rings. The van der Waals surface area contributed by atoms with Crippen LogP contribution in [0.3, 0.4) is 0 Å². The Morgan fingerprint density at radius 3 is 2.83 bits per heavy atom. The van der Waals surface area contributed by atoms with E-state index in [-0.39, 0.29) is 11.3 Å². The molecule has 0 bridgehead atoms. The maximum absolute atomic E-state index is 12.4. The van der Waals surface area contributed by atoms with E-state index in [4.69, 9.17) is 5.73 Å². The lowest BCUT2D eigenvalue weighted by molar-refractivity contribution is -0.130. The molecule has 0 aliphatic carbocycles. The molecule has 5 nitrogen and oxygen atoms in total. The molecule has 23 heavy (non-hydrogen) atoms. The number of para-hydroxylation sites is 1. The number of hydrogen-bond acceptors (Lipinski definition) is 3. The lowest BCUT2D eigenvalue weighted by Crippen LogP contribution is -2.34. The van der Waals surface area contributed by atoms with Gasteiger partial charge in [-0.2, -0.15) is 5.10 Å². The summed E-state index contributed by atoms with van der Waals surface area (Å²) in [7, 11) is 0. The lowest BCUT2D eigenvalue weighted by atomic mass is 9.90. The van der Waals surface area contributed by atoms with Crippen molar-refractivity contribution in [1.29, 1.82) is 0 Å². The number of aromatic nitrogens is 2. The Labute approximate surface area is 137 Å². The second-order valence-electron chi connectivity index (χ2n) is 6.71. The van der Waals surface area contributed by atoms with Crippen LogP contribution >= 0.6 is 0 Å². The van der Waals surface area contributed by atoms with Crippen LogP contribution in [0.5, 0.6) is 0 Å². The summed E-state index contributed by atoms with van der Waals surface area (Å²) >= 11 is 0. The van der Waals surface area contributed by atoms with Crippen LogP contribution in [0.4, 0.5) is 0 Å². The Morgan fingerprint density at radius 2 is 2.13 bits per heavy atom. The maximum atomic E-state index is 12.4. The molecule has 0 radical (unpaired) electrons. The molecule has 1 fully saturated rings. The Morgan fingerprint density at radius 1 is 1.35 bits per heavy atom. The summed E-state index contributed by atoms with van der Waals surface area (Å²) in [6, 6.07) is 9.99. The zero-order valence-corrected chi connectivity index (χ0v) is 13.6. The Bertz CT molecular complexity index is 667. The molecule has 1 saturated heterocycles. The number of aryl methyl sites for hydroxylation is 1. The molecule has 1 aromatic heterocycles. The summed E-state index contributed by atoms with van der Waals surface area (Å²) < 4.78 is 1.85. The predicted octanol–water partition coefficient (Wildman–Crippen LogP) is 2.00. The summed E-state index contributed by atoms with van der Waals surface area (Å²) in [5, 5.41) is 4.37. The zero-order valence-electron chi connectivity index (χ0n) is 13.6. The molecule has 1 aliphatic heterocycles. The second-order valence-corrected chi connectivity index (χ2v) is 6.71. The molecular weight excluding hydrogens is 288 g/mol. The van der Waals surface area contributed by atoms with Crippen LogP contribution in [0.2, 0.25) is 0 Å². The summed E-state index contributed by atoms with van der Waals surface area (Å²) in [6.45, 7) is 4.41. The fraction of sp³-hybridized carbons (Fsp3) is 0.444. The van der Waals surface area contributed by atoms with Crippen LogP contribution in [-0.4, -0.2) is 40.2 Å². The first-order valence-electron chi connectivity index (χ1n) is 8.16. The van der Waals surface area contributed by atoms with Gasteiger partial charge in [0, 0.05) is 25.7 Å². The third kappa shape index (κ3) is 3.62. The van der Waals surface area contributed by atoms with E-state index in [1.165, 1.54) is 0 Å². The number of carbonyl (C=O) groups is 1. The van der Waals surface area contributed by atoms with Gasteiger partial charge in [0.1, 0.15) is 0 Å². The molecule has 1 amide bonds. The average molecular weight is 312 g/mol. The summed E-state index contributed by atoms with van der Waals surface area (Å²) in [4.78, 5) is 14.3. The Kier molecular flexibility index (Phi) is 4.48. The quantitative estimate of drug-likeness (QED) is 0.918. The van der Waals surface area contributed by atoms with Crippen molar-refractivity contribution in [1.82, 2.24) is 14.7 Å². The molecule has 1 atom stereocenters. The van der Waals surface area contributed by atoms with Crippen molar-refractivity contribution in [3.8, 4) is 5.69 Å². The monoisotopic (exact) mass is 312 g/mol. The van der Waals surface area contributed by atoms with Crippen LogP contribution in [-0.2, 0) is 11.2 Å². The summed E-state index contributed by atoms with van der Waals surface area (Å²) in [5.74, 6) is 0.217. The highest BCUT2D eigenvalue weighted by Crippen LogP contribution is 2.28. The molecule has 1 aromatic carbocycles. The SMILES string of the molecule is CC1(CN)CCN(C(=O)CCc2cnn(-c3ccccc3)c2)C1. The van der Waals surface area contributed by atoms with E-state index >= 15 is 0 Å². The highest BCUT2D eigenvalue weighted by molar-refractivity contribution is 5.76. The molecule has 2 N–H and O–H groups in total. The number of benzene rings is 1. The van der Waals surface area contributed by atoms with Gasteiger partial charge in [0.15, 0.2) is 0 Å². The van der Waals surface area contributed by atoms with Crippen molar-refractivity contribution >= 4 is 5.91 Å². The van der Waals surface area contributed by atoms with E-state index in [0.717, 1.165) is 37.2 Å². The molecule has 3 rings (SSSR count). The van der Waals surface area contributed by atoms with Gasteiger partial charge >= 0.3 is 0 Å². The fourth-order valence-electron chi connectivity index (χ4n) is 3.02. The van der Waals surface area contributed by atoms with Crippen LogP contribution < -0.4 is 5.73 Å². The van der Waals surface area contributed by atoms with E-state index in [1.807, 2.05) is 52.3 Å². The maximum Gasteiger partial charge on any atom is 0.222 e. The number of amides is 1. The van der Waals surface area contributed by atoms with Gasteiger partial charge in [0.05, 0.1) is 11.9 Å². The van der Waals surface area contributed by atoms with Gasteiger partial charge < -0.3 is 10.6 Å². The van der Waals surface area contributed by atoms with Crippen molar-refractivity contribution in [2.24, 2.45) is 11.1 Å². The predicted molar refractivity (Wildman–Crippen MR) is 90.2 cm³/mol. The van der Waals surface area contributed by atoms with Gasteiger partial charge in [-0.3, -0.25) is 4.79 Å². The average Bonchev–Trinajstić information content (AvgIpc) is 3.21. The summed E-state index contributed by atoms with van der Waals surface area (Å²) in [6.07, 6.45) is 6.09. The first kappa shape index (κ1) is 15.7. The Hall–Kier alpha value is -2.14. The van der Waals surface area contributed by atoms with E-state index in [2.05, 4.69) is 12.0 Å². The van der Waals surface area contributed by atoms with Gasteiger partial charge in [-0.05, 0) is 42.5 Å². The molecule has 2 aromatic rings. The fourth-order valence-corrected chi connectivity index (χ4v) is 3.02. The smallest absolute Gasteiger partial charge is 0.222 e. The van der Waals surface area contributed by atoms with E-state index in [9.17, 15) is 4.79 Å². The highest BCUT2D eigenvalue weighted by Gasteiger charge is 2.34. The minimum atomic E-state index is 0.0911. The normalized spacial score (nSPS) is 20.9. The van der Waals surface area contributed by atoms with Gasteiger partial charge in [-0.1, -0.05) is 25.1 Å². The van der Waals surface area contributed by atoms with Gasteiger partial charge in [-0.25, -0.2) is 4.68 Å². The zero-order chi connectivity index (χ0) is 16.3. The van der Waals surface area contributed by atoms with E-state index < -0.39 is 0 Å². The number of hydrogen-bond donors (Lipinski definition) is 1. The van der Waals surface area contributed by atoms with E-state index in [0.29, 0.717) is 13.0 Å². The van der Waals surface area contributed by atoms with Gasteiger partial charge in [-0.15, -0.1) is 0 Å². The van der Waals surface area contributed by atoms with Crippen molar-refractivity contribution in [2.45, 2.75) is 26.2 Å². The van der Waals surface area contributed by atoms with Crippen LogP contribution in [0.25, 0.3) is 5.69 Å². The molecule has 1 unspecified atom stereocenters. The first-order chi connectivity index (χ1) is 11.1. The van der Waals surface area contributed by atoms with Crippen LogP contribution in [0.15, 0.2) is 42.7 Å². The third-order valence-corrected chi connectivity index (χ3v) is 4.69. The second kappa shape index (κ2) is 6.54. The van der Waals surface area contributed by atoms with Gasteiger partial charge in [0.25, 0.3) is 0 Å². The minimum Gasteiger partial charge on any atom is -0.342 e. The largest absolute Gasteiger partial charge is 0.342 e. The Balaban J connectivity index is 1.55.